The molecular weight excluding hydrogens is 250 g/mol. The molecule has 3 aromatic rings. The molecule has 20 heavy (non-hydrogen) atoms. The zero-order chi connectivity index (χ0) is 13.8. The molecule has 0 aliphatic heterocycles. The summed E-state index contributed by atoms with van der Waals surface area (Å²) in [6.45, 7) is 0. The predicted molar refractivity (Wildman–Crippen MR) is 76.1 cm³/mol. The fourth-order valence-electron chi connectivity index (χ4n) is 2.02. The molecule has 3 rings (SSSR count). The van der Waals surface area contributed by atoms with Crippen molar-refractivity contribution in [2.24, 2.45) is 0 Å². The topological polar surface area (TPSA) is 55.7 Å². The highest BCUT2D eigenvalue weighted by atomic mass is 16.1. The fraction of sp³-hybridized carbons (Fsp3) is 0. The summed E-state index contributed by atoms with van der Waals surface area (Å²) in [6, 6.07) is 9.28. The minimum Gasteiger partial charge on any atom is -0.298 e. The number of nitrogens with zero attached hydrogens (tertiary/aromatic N) is 3. The van der Waals surface area contributed by atoms with Crippen LogP contribution in [0.3, 0.4) is 0 Å². The van der Waals surface area contributed by atoms with Gasteiger partial charge in [-0.2, -0.15) is 0 Å². The van der Waals surface area contributed by atoms with Crippen LogP contribution in [-0.4, -0.2) is 21.2 Å². The van der Waals surface area contributed by atoms with E-state index >= 15 is 0 Å². The van der Waals surface area contributed by atoms with Crippen molar-refractivity contribution in [3.05, 3.63) is 66.9 Å². The first-order valence-corrected chi connectivity index (χ1v) is 6.14. The molecule has 0 fully saturated rings. The lowest BCUT2D eigenvalue weighted by atomic mass is 10.0. The molecule has 0 bridgehead atoms. The SMILES string of the molecule is O=Cc1cc(-c2ccncc2)cnc1-c1ccncc1. The zero-order valence-electron chi connectivity index (χ0n) is 10.6. The van der Waals surface area contributed by atoms with Gasteiger partial charge in [-0.15, -0.1) is 0 Å². The van der Waals surface area contributed by atoms with Crippen LogP contribution < -0.4 is 0 Å². The minimum atomic E-state index is 0.561. The molecule has 0 spiro atoms. The Labute approximate surface area is 116 Å². The fourth-order valence-corrected chi connectivity index (χ4v) is 2.02. The largest absolute Gasteiger partial charge is 0.298 e. The Balaban J connectivity index is 2.10. The van der Waals surface area contributed by atoms with Crippen molar-refractivity contribution in [3.63, 3.8) is 0 Å². The van der Waals surface area contributed by atoms with Crippen LogP contribution in [0.15, 0.2) is 61.3 Å². The Kier molecular flexibility index (Phi) is 3.29. The van der Waals surface area contributed by atoms with Crippen molar-refractivity contribution >= 4 is 6.29 Å². The molecule has 0 unspecified atom stereocenters. The standard InChI is InChI=1S/C16H11N3O/c20-11-15-9-14(12-1-5-17-6-2-12)10-19-16(15)13-3-7-18-8-4-13/h1-11H. The van der Waals surface area contributed by atoms with E-state index in [9.17, 15) is 4.79 Å². The van der Waals surface area contributed by atoms with E-state index < -0.39 is 0 Å². The average Bonchev–Trinajstić information content (AvgIpc) is 2.56. The summed E-state index contributed by atoms with van der Waals surface area (Å²) in [6.07, 6.45) is 9.38. The first-order chi connectivity index (χ1) is 9.88. The van der Waals surface area contributed by atoms with Gasteiger partial charge in [0.15, 0.2) is 6.29 Å². The van der Waals surface area contributed by atoms with Gasteiger partial charge < -0.3 is 0 Å². The van der Waals surface area contributed by atoms with Gasteiger partial charge in [0.05, 0.1) is 5.69 Å². The summed E-state index contributed by atoms with van der Waals surface area (Å²) in [7, 11) is 0. The van der Waals surface area contributed by atoms with Gasteiger partial charge in [-0.1, -0.05) is 0 Å². The van der Waals surface area contributed by atoms with Gasteiger partial charge in [-0.3, -0.25) is 19.7 Å². The maximum Gasteiger partial charge on any atom is 0.152 e. The summed E-state index contributed by atoms with van der Waals surface area (Å²) >= 11 is 0. The molecule has 96 valence electrons. The van der Waals surface area contributed by atoms with Crippen molar-refractivity contribution < 1.29 is 4.79 Å². The van der Waals surface area contributed by atoms with Crippen LogP contribution in [-0.2, 0) is 0 Å². The zero-order valence-corrected chi connectivity index (χ0v) is 10.6. The molecule has 0 amide bonds. The van der Waals surface area contributed by atoms with E-state index in [1.54, 1.807) is 31.0 Å². The molecule has 0 N–H and O–H groups in total. The van der Waals surface area contributed by atoms with Gasteiger partial charge in [0.1, 0.15) is 0 Å². The maximum atomic E-state index is 11.3. The van der Waals surface area contributed by atoms with Crippen LogP contribution >= 0.6 is 0 Å². The molecule has 3 heterocycles. The molecule has 4 nitrogen and oxygen atoms in total. The number of carbonyl (C=O) groups is 1. The third-order valence-corrected chi connectivity index (χ3v) is 3.01. The Hall–Kier alpha value is -2.88. The number of hydrogen-bond donors (Lipinski definition) is 0. The molecular formula is C16H11N3O. The average molecular weight is 261 g/mol. The van der Waals surface area contributed by atoms with Crippen LogP contribution in [0.5, 0.6) is 0 Å². The summed E-state index contributed by atoms with van der Waals surface area (Å²) < 4.78 is 0. The summed E-state index contributed by atoms with van der Waals surface area (Å²) in [5.41, 5.74) is 3.98. The summed E-state index contributed by atoms with van der Waals surface area (Å²) in [4.78, 5) is 23.7. The Morgan fingerprint density at radius 2 is 1.40 bits per heavy atom. The lowest BCUT2D eigenvalue weighted by molar-refractivity contribution is 0.112. The number of carbonyl (C=O) groups excluding carboxylic acids is 1. The molecule has 0 aromatic carbocycles. The first-order valence-electron chi connectivity index (χ1n) is 6.14. The van der Waals surface area contributed by atoms with Gasteiger partial charge >= 0.3 is 0 Å². The molecule has 4 heteroatoms. The molecule has 0 saturated heterocycles. The van der Waals surface area contributed by atoms with E-state index in [2.05, 4.69) is 15.0 Å². The Bertz CT molecular complexity index is 727. The van der Waals surface area contributed by atoms with Crippen molar-refractivity contribution in [3.8, 4) is 22.4 Å². The van der Waals surface area contributed by atoms with Crippen molar-refractivity contribution in [2.75, 3.05) is 0 Å². The predicted octanol–water partition coefficient (Wildman–Crippen LogP) is 3.02. The molecule has 0 saturated carbocycles. The number of aldehydes is 1. The number of rotatable bonds is 3. The Morgan fingerprint density at radius 1 is 0.800 bits per heavy atom. The summed E-state index contributed by atoms with van der Waals surface area (Å²) in [5, 5.41) is 0. The normalized spacial score (nSPS) is 10.2. The van der Waals surface area contributed by atoms with E-state index in [-0.39, 0.29) is 0 Å². The van der Waals surface area contributed by atoms with E-state index in [0.29, 0.717) is 11.3 Å². The van der Waals surface area contributed by atoms with Gasteiger partial charge in [0, 0.05) is 47.7 Å². The van der Waals surface area contributed by atoms with Gasteiger partial charge in [0.25, 0.3) is 0 Å². The number of pyridine rings is 3. The third-order valence-electron chi connectivity index (χ3n) is 3.01. The highest BCUT2D eigenvalue weighted by Gasteiger charge is 2.08. The molecule has 0 radical (unpaired) electrons. The highest BCUT2D eigenvalue weighted by molar-refractivity contribution is 5.87. The lowest BCUT2D eigenvalue weighted by Gasteiger charge is -2.07. The second kappa shape index (κ2) is 5.40. The second-order valence-electron chi connectivity index (χ2n) is 4.25. The smallest absolute Gasteiger partial charge is 0.152 e. The van der Waals surface area contributed by atoms with Crippen molar-refractivity contribution in [1.29, 1.82) is 0 Å². The molecule has 0 atom stereocenters. The molecule has 0 aliphatic rings. The van der Waals surface area contributed by atoms with Gasteiger partial charge in [-0.05, 0) is 35.9 Å². The van der Waals surface area contributed by atoms with Crippen LogP contribution in [0, 0.1) is 0 Å². The Morgan fingerprint density at radius 3 is 2.00 bits per heavy atom. The third kappa shape index (κ3) is 2.31. The maximum absolute atomic E-state index is 11.3. The van der Waals surface area contributed by atoms with Crippen LogP contribution in [0.2, 0.25) is 0 Å². The van der Waals surface area contributed by atoms with E-state index in [1.165, 1.54) is 0 Å². The van der Waals surface area contributed by atoms with Crippen molar-refractivity contribution in [1.82, 2.24) is 15.0 Å². The van der Waals surface area contributed by atoms with Crippen LogP contribution in [0.25, 0.3) is 22.4 Å². The van der Waals surface area contributed by atoms with Gasteiger partial charge in [0.2, 0.25) is 0 Å². The number of aromatic nitrogens is 3. The van der Waals surface area contributed by atoms with E-state index in [0.717, 1.165) is 23.0 Å². The highest BCUT2D eigenvalue weighted by Crippen LogP contribution is 2.25. The second-order valence-corrected chi connectivity index (χ2v) is 4.25. The van der Waals surface area contributed by atoms with Crippen LogP contribution in [0.4, 0.5) is 0 Å². The molecule has 3 aromatic heterocycles. The van der Waals surface area contributed by atoms with Crippen molar-refractivity contribution in [2.45, 2.75) is 0 Å². The quantitative estimate of drug-likeness (QED) is 0.680. The van der Waals surface area contributed by atoms with E-state index in [1.807, 2.05) is 30.3 Å². The monoisotopic (exact) mass is 261 g/mol. The van der Waals surface area contributed by atoms with Crippen LogP contribution in [0.1, 0.15) is 10.4 Å². The molecule has 0 aliphatic carbocycles. The minimum absolute atomic E-state index is 0.561. The lowest BCUT2D eigenvalue weighted by Crippen LogP contribution is -1.93. The van der Waals surface area contributed by atoms with E-state index in [4.69, 9.17) is 0 Å². The summed E-state index contributed by atoms with van der Waals surface area (Å²) in [5.74, 6) is 0. The van der Waals surface area contributed by atoms with Gasteiger partial charge in [-0.25, -0.2) is 0 Å². The number of hydrogen-bond acceptors (Lipinski definition) is 4. The first kappa shape index (κ1) is 12.2.